The van der Waals surface area contributed by atoms with E-state index < -0.39 is 6.16 Å². The molecule has 0 aliphatic heterocycles. The number of imidazole rings is 1. The van der Waals surface area contributed by atoms with Gasteiger partial charge < -0.3 is 19.4 Å². The van der Waals surface area contributed by atoms with Crippen LogP contribution in [0.3, 0.4) is 0 Å². The highest BCUT2D eigenvalue weighted by atomic mass is 32.1. The number of aromatic nitrogens is 2. The van der Waals surface area contributed by atoms with E-state index >= 15 is 0 Å². The second-order valence-corrected chi connectivity index (χ2v) is 5.26. The first-order valence-corrected chi connectivity index (χ1v) is 7.70. The Balaban J connectivity index is 1.95. The number of fused-ring (bicyclic) bond motifs is 1. The molecule has 1 heterocycles. The molecule has 0 saturated heterocycles. The van der Waals surface area contributed by atoms with Gasteiger partial charge >= 0.3 is 12.2 Å². The summed E-state index contributed by atoms with van der Waals surface area (Å²) in [6.45, 7) is 2.60. The van der Waals surface area contributed by atoms with Crippen molar-refractivity contribution in [2.45, 2.75) is 13.3 Å². The zero-order valence-corrected chi connectivity index (χ0v) is 13.9. The molecule has 0 fully saturated rings. The molecule has 1 N–H and O–H groups in total. The Bertz CT molecular complexity index is 753. The van der Waals surface area contributed by atoms with Crippen molar-refractivity contribution in [1.82, 2.24) is 14.5 Å². The van der Waals surface area contributed by atoms with Crippen molar-refractivity contribution in [1.29, 1.82) is 0 Å². The molecule has 1 aromatic heterocycles. The number of rotatable bonds is 5. The van der Waals surface area contributed by atoms with Gasteiger partial charge in [0.05, 0.1) is 24.2 Å². The first kappa shape index (κ1) is 17.0. The number of amides is 1. The number of nitrogens with one attached hydrogen (secondary N) is 1. The van der Waals surface area contributed by atoms with E-state index in [4.69, 9.17) is 17.0 Å². The van der Waals surface area contributed by atoms with Crippen LogP contribution in [-0.2, 0) is 9.47 Å². The van der Waals surface area contributed by atoms with Crippen molar-refractivity contribution < 1.29 is 19.1 Å². The first-order chi connectivity index (χ1) is 11.0. The number of benzene rings is 1. The first-order valence-electron chi connectivity index (χ1n) is 7.29. The van der Waals surface area contributed by atoms with Gasteiger partial charge in [0.1, 0.15) is 0 Å². The molecular formula is C15H19N3O4S. The second-order valence-electron chi connectivity index (χ2n) is 4.87. The van der Waals surface area contributed by atoms with Crippen LogP contribution in [0.1, 0.15) is 13.3 Å². The largest absolute Gasteiger partial charge is 0.508 e. The van der Waals surface area contributed by atoms with E-state index in [1.807, 2.05) is 24.3 Å². The highest BCUT2D eigenvalue weighted by Crippen LogP contribution is 2.14. The van der Waals surface area contributed by atoms with Crippen LogP contribution in [0.15, 0.2) is 24.3 Å². The molecule has 0 spiro atoms. The Labute approximate surface area is 138 Å². The lowest BCUT2D eigenvalue weighted by molar-refractivity contribution is 0.0572. The standard InChI is InChI=1S/C15H19N3O4S/c1-3-21-15(20)22-10-6-9-17(2)14(19)18-12-8-5-4-7-11(12)16-13(18)23/h4-5,7-8H,3,6,9-10H2,1-2H3,(H,16,23). The van der Waals surface area contributed by atoms with Crippen LogP contribution in [0.4, 0.5) is 9.59 Å². The quantitative estimate of drug-likeness (QED) is 0.515. The van der Waals surface area contributed by atoms with Crippen molar-refractivity contribution in [3.05, 3.63) is 29.0 Å². The maximum Gasteiger partial charge on any atom is 0.508 e. The summed E-state index contributed by atoms with van der Waals surface area (Å²) in [7, 11) is 1.68. The van der Waals surface area contributed by atoms with Gasteiger partial charge in [-0.1, -0.05) is 12.1 Å². The molecule has 0 aliphatic carbocycles. The second kappa shape index (κ2) is 7.77. The Hall–Kier alpha value is -2.35. The van der Waals surface area contributed by atoms with E-state index in [0.29, 0.717) is 17.7 Å². The average Bonchev–Trinajstić information content (AvgIpc) is 2.86. The van der Waals surface area contributed by atoms with E-state index in [-0.39, 0.29) is 19.2 Å². The highest BCUT2D eigenvalue weighted by Gasteiger charge is 2.15. The summed E-state index contributed by atoms with van der Waals surface area (Å²) in [4.78, 5) is 28.1. The molecule has 1 aromatic carbocycles. The van der Waals surface area contributed by atoms with Gasteiger partial charge in [-0.25, -0.2) is 14.2 Å². The molecule has 0 radical (unpaired) electrons. The summed E-state index contributed by atoms with van der Waals surface area (Å²) < 4.78 is 11.3. The lowest BCUT2D eigenvalue weighted by Crippen LogP contribution is -2.32. The predicted octanol–water partition coefficient (Wildman–Crippen LogP) is 3.16. The van der Waals surface area contributed by atoms with E-state index in [1.54, 1.807) is 14.0 Å². The van der Waals surface area contributed by atoms with Crippen LogP contribution in [0.2, 0.25) is 0 Å². The van der Waals surface area contributed by atoms with Crippen LogP contribution in [0.25, 0.3) is 11.0 Å². The number of carbonyl (C=O) groups is 2. The Morgan fingerprint density at radius 3 is 2.78 bits per heavy atom. The summed E-state index contributed by atoms with van der Waals surface area (Å²) >= 11 is 5.22. The predicted molar refractivity (Wildman–Crippen MR) is 88.1 cm³/mol. The molecule has 0 aliphatic rings. The minimum Gasteiger partial charge on any atom is -0.435 e. The maximum atomic E-state index is 12.5. The number of para-hydroxylation sites is 2. The summed E-state index contributed by atoms with van der Waals surface area (Å²) in [6.07, 6.45) is -0.183. The molecule has 7 nitrogen and oxygen atoms in total. The fourth-order valence-corrected chi connectivity index (χ4v) is 2.41. The van der Waals surface area contributed by atoms with Gasteiger partial charge in [0, 0.05) is 13.6 Å². The van der Waals surface area contributed by atoms with Crippen LogP contribution in [0, 0.1) is 4.77 Å². The van der Waals surface area contributed by atoms with Crippen molar-refractivity contribution in [3.63, 3.8) is 0 Å². The molecule has 1 amide bonds. The third kappa shape index (κ3) is 4.10. The Morgan fingerprint density at radius 2 is 2.04 bits per heavy atom. The fraction of sp³-hybridized carbons (Fsp3) is 0.400. The SMILES string of the molecule is CCOC(=O)OCCCN(C)C(=O)n1c(=S)[nH]c2ccccc21. The highest BCUT2D eigenvalue weighted by molar-refractivity contribution is 7.71. The molecule has 8 heteroatoms. The van der Waals surface area contributed by atoms with E-state index in [9.17, 15) is 9.59 Å². The number of hydrogen-bond donors (Lipinski definition) is 1. The minimum absolute atomic E-state index is 0.190. The number of H-pyrrole nitrogens is 1. The Kier molecular flexibility index (Phi) is 5.75. The van der Waals surface area contributed by atoms with Crippen molar-refractivity contribution in [3.8, 4) is 0 Å². The third-order valence-electron chi connectivity index (χ3n) is 3.23. The van der Waals surface area contributed by atoms with Gasteiger partial charge in [0.15, 0.2) is 4.77 Å². The van der Waals surface area contributed by atoms with Gasteiger partial charge in [-0.15, -0.1) is 0 Å². The molecule has 124 valence electrons. The Morgan fingerprint density at radius 1 is 1.30 bits per heavy atom. The smallest absolute Gasteiger partial charge is 0.435 e. The number of nitrogens with zero attached hydrogens (tertiary/aromatic N) is 2. The van der Waals surface area contributed by atoms with Crippen molar-refractivity contribution in [2.75, 3.05) is 26.8 Å². The zero-order valence-electron chi connectivity index (χ0n) is 13.1. The van der Waals surface area contributed by atoms with Crippen LogP contribution in [-0.4, -0.2) is 53.4 Å². The average molecular weight is 337 g/mol. The van der Waals surface area contributed by atoms with Crippen LogP contribution in [0.5, 0.6) is 0 Å². The molecule has 0 atom stereocenters. The number of ether oxygens (including phenoxy) is 2. The zero-order chi connectivity index (χ0) is 16.8. The third-order valence-corrected chi connectivity index (χ3v) is 3.51. The fourth-order valence-electron chi connectivity index (χ4n) is 2.13. The van der Waals surface area contributed by atoms with Gasteiger partial charge in [-0.3, -0.25) is 0 Å². The molecule has 2 aromatic rings. The van der Waals surface area contributed by atoms with Crippen LogP contribution >= 0.6 is 12.2 Å². The lowest BCUT2D eigenvalue weighted by atomic mass is 10.3. The summed E-state index contributed by atoms with van der Waals surface area (Å²) in [5, 5.41) is 0. The number of hydrogen-bond acceptors (Lipinski definition) is 5. The van der Waals surface area contributed by atoms with E-state index in [0.717, 1.165) is 11.0 Å². The molecule has 0 saturated carbocycles. The monoisotopic (exact) mass is 337 g/mol. The molecule has 23 heavy (non-hydrogen) atoms. The summed E-state index contributed by atoms with van der Waals surface area (Å²) in [5.41, 5.74) is 1.54. The lowest BCUT2D eigenvalue weighted by Gasteiger charge is -2.17. The molecule has 2 rings (SSSR count). The number of carbonyl (C=O) groups excluding carboxylic acids is 2. The van der Waals surface area contributed by atoms with E-state index in [2.05, 4.69) is 9.72 Å². The summed E-state index contributed by atoms with van der Waals surface area (Å²) in [6, 6.07) is 7.18. The van der Waals surface area contributed by atoms with Crippen molar-refractivity contribution in [2.24, 2.45) is 0 Å². The van der Waals surface area contributed by atoms with Gasteiger partial charge in [-0.2, -0.15) is 0 Å². The molecular weight excluding hydrogens is 318 g/mol. The van der Waals surface area contributed by atoms with Gasteiger partial charge in [-0.05, 0) is 37.7 Å². The minimum atomic E-state index is -0.694. The number of aromatic amines is 1. The van der Waals surface area contributed by atoms with Gasteiger partial charge in [0.2, 0.25) is 0 Å². The van der Waals surface area contributed by atoms with Gasteiger partial charge in [0.25, 0.3) is 0 Å². The van der Waals surface area contributed by atoms with Crippen LogP contribution < -0.4 is 0 Å². The maximum absolute atomic E-state index is 12.5. The molecule has 0 bridgehead atoms. The summed E-state index contributed by atoms with van der Waals surface area (Å²) in [5.74, 6) is 0. The van der Waals surface area contributed by atoms with E-state index in [1.165, 1.54) is 9.47 Å². The normalized spacial score (nSPS) is 10.5. The molecule has 0 unspecified atom stereocenters. The van der Waals surface area contributed by atoms with Crippen molar-refractivity contribution >= 4 is 35.4 Å². The topological polar surface area (TPSA) is 76.6 Å².